The van der Waals surface area contributed by atoms with Crippen molar-refractivity contribution in [3.8, 4) is 6.07 Å². The molecule has 1 aromatic carbocycles. The molecule has 1 aromatic rings. The van der Waals surface area contributed by atoms with E-state index in [1.807, 2.05) is 24.3 Å². The smallest absolute Gasteiger partial charge is 0.198 e. The fourth-order valence-corrected chi connectivity index (χ4v) is 3.39. The normalized spacial score (nSPS) is 10.1. The third-order valence-electron chi connectivity index (χ3n) is 2.02. The lowest BCUT2D eigenvalue weighted by Crippen LogP contribution is -2.22. The molecule has 0 unspecified atom stereocenters. The van der Waals surface area contributed by atoms with Crippen molar-refractivity contribution in [3.05, 3.63) is 29.8 Å². The molecule has 0 saturated carbocycles. The second-order valence-electron chi connectivity index (χ2n) is 3.01. The van der Waals surface area contributed by atoms with Gasteiger partial charge in [0.25, 0.3) is 7.42 Å². The van der Waals surface area contributed by atoms with Gasteiger partial charge in [0.2, 0.25) is 0 Å². The zero-order chi connectivity index (χ0) is 10.4. The van der Waals surface area contributed by atoms with Gasteiger partial charge < -0.3 is 0 Å². The van der Waals surface area contributed by atoms with E-state index in [1.54, 1.807) is 0 Å². The van der Waals surface area contributed by atoms with Crippen LogP contribution in [0.4, 0.5) is 0 Å². The number of hydrogen-bond donors (Lipinski definition) is 0. The van der Waals surface area contributed by atoms with E-state index in [0.717, 1.165) is 18.0 Å². The molecular weight excluding hydrogens is 233 g/mol. The third-order valence-corrected chi connectivity index (χ3v) is 4.47. The maximum absolute atomic E-state index is 8.43. The monoisotopic (exact) mass is 243 g/mol. The van der Waals surface area contributed by atoms with Gasteiger partial charge in [-0.3, -0.25) is 0 Å². The zero-order valence-corrected chi connectivity index (χ0v) is 10.4. The first kappa shape index (κ1) is 11.6. The summed E-state index contributed by atoms with van der Waals surface area (Å²) in [6.07, 6.45) is 2.36. The molecule has 0 amide bonds. The molecular formula is C10H11Cl2NSi. The van der Waals surface area contributed by atoms with Gasteiger partial charge in [0.1, 0.15) is 0 Å². The highest BCUT2D eigenvalue weighted by Crippen LogP contribution is 2.07. The zero-order valence-electron chi connectivity index (χ0n) is 7.71. The van der Waals surface area contributed by atoms with Crippen molar-refractivity contribution in [2.45, 2.75) is 19.3 Å². The first-order chi connectivity index (χ1) is 6.75. The molecule has 0 N–H and O–H groups in total. The van der Waals surface area contributed by atoms with Crippen molar-refractivity contribution in [2.24, 2.45) is 0 Å². The summed E-state index contributed by atoms with van der Waals surface area (Å²) in [7, 11) is -1.76. The van der Waals surface area contributed by atoms with Crippen LogP contribution in [0.25, 0.3) is 0 Å². The molecule has 1 rings (SSSR count). The Balaban J connectivity index is 2.70. The van der Waals surface area contributed by atoms with Gasteiger partial charge in [-0.2, -0.15) is 5.26 Å². The average Bonchev–Trinajstić information content (AvgIpc) is 2.19. The molecule has 0 aliphatic rings. The van der Waals surface area contributed by atoms with E-state index in [2.05, 4.69) is 6.07 Å². The largest absolute Gasteiger partial charge is 0.266 e. The molecule has 0 spiro atoms. The number of hydrogen-bond acceptors (Lipinski definition) is 1. The SMILES string of the molecule is N#CCCCc1ccccc1[SiH](Cl)Cl. The van der Waals surface area contributed by atoms with Gasteiger partial charge in [0, 0.05) is 6.42 Å². The highest BCUT2D eigenvalue weighted by Gasteiger charge is 2.10. The summed E-state index contributed by atoms with van der Waals surface area (Å²) >= 11 is 11.9. The second-order valence-corrected chi connectivity index (χ2v) is 7.52. The summed E-state index contributed by atoms with van der Waals surface area (Å²) in [5.41, 5.74) is 1.20. The van der Waals surface area contributed by atoms with Crippen LogP contribution >= 0.6 is 22.2 Å². The first-order valence-corrected chi connectivity index (χ1v) is 8.55. The Bertz CT molecular complexity index is 333. The van der Waals surface area contributed by atoms with Crippen LogP contribution in [0, 0.1) is 11.3 Å². The number of nitriles is 1. The number of benzene rings is 1. The molecule has 0 aliphatic heterocycles. The Morgan fingerprint density at radius 1 is 1.29 bits per heavy atom. The van der Waals surface area contributed by atoms with Gasteiger partial charge in [0.15, 0.2) is 0 Å². The van der Waals surface area contributed by atoms with Crippen LogP contribution in [-0.2, 0) is 6.42 Å². The average molecular weight is 244 g/mol. The Morgan fingerprint density at radius 3 is 2.64 bits per heavy atom. The molecule has 0 radical (unpaired) electrons. The summed E-state index contributed by atoms with van der Waals surface area (Å²) in [6.45, 7) is 0. The summed E-state index contributed by atoms with van der Waals surface area (Å²) < 4.78 is 0. The number of nitrogens with zero attached hydrogens (tertiary/aromatic N) is 1. The minimum absolute atomic E-state index is 0.588. The van der Waals surface area contributed by atoms with E-state index in [1.165, 1.54) is 5.56 Å². The third kappa shape index (κ3) is 3.34. The maximum Gasteiger partial charge on any atom is 0.266 e. The van der Waals surface area contributed by atoms with Crippen molar-refractivity contribution < 1.29 is 0 Å². The summed E-state index contributed by atoms with van der Waals surface area (Å²) in [5, 5.41) is 9.52. The second kappa shape index (κ2) is 6.08. The molecule has 0 saturated heterocycles. The molecule has 0 fully saturated rings. The fourth-order valence-electron chi connectivity index (χ4n) is 1.33. The van der Waals surface area contributed by atoms with Crippen LogP contribution in [0.2, 0.25) is 0 Å². The maximum atomic E-state index is 8.43. The van der Waals surface area contributed by atoms with Crippen LogP contribution < -0.4 is 5.19 Å². The predicted molar refractivity (Wildman–Crippen MR) is 63.5 cm³/mol. The van der Waals surface area contributed by atoms with E-state index in [9.17, 15) is 0 Å². The molecule has 0 bridgehead atoms. The molecule has 1 nitrogen and oxygen atoms in total. The lowest BCUT2D eigenvalue weighted by atomic mass is 10.1. The van der Waals surface area contributed by atoms with Crippen molar-refractivity contribution in [1.29, 1.82) is 5.26 Å². The van der Waals surface area contributed by atoms with Crippen LogP contribution in [0.5, 0.6) is 0 Å². The minimum atomic E-state index is -1.76. The van der Waals surface area contributed by atoms with E-state index in [0.29, 0.717) is 6.42 Å². The van der Waals surface area contributed by atoms with Crippen LogP contribution in [-0.4, -0.2) is 7.42 Å². The van der Waals surface area contributed by atoms with Gasteiger partial charge in [-0.25, -0.2) is 0 Å². The Kier molecular flexibility index (Phi) is 5.03. The number of aryl methyl sites for hydroxylation is 1. The molecule has 4 heteroatoms. The fraction of sp³-hybridized carbons (Fsp3) is 0.300. The quantitative estimate of drug-likeness (QED) is 0.453. The van der Waals surface area contributed by atoms with Gasteiger partial charge in [-0.1, -0.05) is 24.3 Å². The number of unbranched alkanes of at least 4 members (excludes halogenated alkanes) is 1. The Hall–Kier alpha value is -0.493. The van der Waals surface area contributed by atoms with E-state index >= 15 is 0 Å². The highest BCUT2D eigenvalue weighted by molar-refractivity contribution is 7.39. The Morgan fingerprint density at radius 2 is 2.00 bits per heavy atom. The topological polar surface area (TPSA) is 23.8 Å². The van der Waals surface area contributed by atoms with Crippen LogP contribution in [0.1, 0.15) is 18.4 Å². The lowest BCUT2D eigenvalue weighted by Gasteiger charge is -2.07. The highest BCUT2D eigenvalue weighted by atomic mass is 35.7. The van der Waals surface area contributed by atoms with Gasteiger partial charge in [0.05, 0.1) is 6.07 Å². The van der Waals surface area contributed by atoms with Gasteiger partial charge in [-0.15, -0.1) is 22.2 Å². The first-order valence-electron chi connectivity index (χ1n) is 4.48. The van der Waals surface area contributed by atoms with Crippen LogP contribution in [0.3, 0.4) is 0 Å². The molecule has 0 aromatic heterocycles. The molecule has 74 valence electrons. The van der Waals surface area contributed by atoms with Crippen molar-refractivity contribution >= 4 is 34.8 Å². The van der Waals surface area contributed by atoms with Crippen molar-refractivity contribution in [1.82, 2.24) is 0 Å². The predicted octanol–water partition coefficient (Wildman–Crippen LogP) is 2.44. The van der Waals surface area contributed by atoms with Gasteiger partial charge in [-0.05, 0) is 23.6 Å². The van der Waals surface area contributed by atoms with Crippen molar-refractivity contribution in [2.75, 3.05) is 0 Å². The van der Waals surface area contributed by atoms with Crippen LogP contribution in [0.15, 0.2) is 24.3 Å². The summed E-state index contributed by atoms with van der Waals surface area (Å²) in [4.78, 5) is 0. The van der Waals surface area contributed by atoms with E-state index < -0.39 is 7.42 Å². The van der Waals surface area contributed by atoms with Gasteiger partial charge >= 0.3 is 0 Å². The molecule has 0 atom stereocenters. The lowest BCUT2D eigenvalue weighted by molar-refractivity contribution is 0.854. The summed E-state index contributed by atoms with van der Waals surface area (Å²) in [5.74, 6) is 0. The Labute approximate surface area is 95.3 Å². The summed E-state index contributed by atoms with van der Waals surface area (Å²) in [6, 6.07) is 10.1. The number of halogens is 2. The standard InChI is InChI=1S/C10H11Cl2NSi/c11-14(12)10-7-2-1-5-9(10)6-3-4-8-13/h1-2,5,7,14H,3-4,6H2. The molecule has 14 heavy (non-hydrogen) atoms. The molecule has 0 heterocycles. The number of rotatable bonds is 4. The van der Waals surface area contributed by atoms with Crippen molar-refractivity contribution in [3.63, 3.8) is 0 Å². The minimum Gasteiger partial charge on any atom is -0.198 e. The molecule has 0 aliphatic carbocycles. The van der Waals surface area contributed by atoms with E-state index in [-0.39, 0.29) is 0 Å². The van der Waals surface area contributed by atoms with E-state index in [4.69, 9.17) is 27.4 Å².